The SMILES string of the molecule is COc1cc(N)cc(SCCC(C)C)c1. The monoisotopic (exact) mass is 225 g/mol. The molecule has 2 N–H and O–H groups in total. The second-order valence-electron chi connectivity index (χ2n) is 3.97. The minimum absolute atomic E-state index is 0.750. The minimum Gasteiger partial charge on any atom is -0.497 e. The number of anilines is 1. The zero-order chi connectivity index (χ0) is 11.3. The Morgan fingerprint density at radius 1 is 1.33 bits per heavy atom. The molecular weight excluding hydrogens is 206 g/mol. The van der Waals surface area contributed by atoms with E-state index in [1.165, 1.54) is 11.3 Å². The Bertz CT molecular complexity index is 312. The third-order valence-electron chi connectivity index (χ3n) is 2.10. The number of rotatable bonds is 5. The van der Waals surface area contributed by atoms with Crippen molar-refractivity contribution in [1.82, 2.24) is 0 Å². The van der Waals surface area contributed by atoms with Gasteiger partial charge >= 0.3 is 0 Å². The Labute approximate surface area is 96.2 Å². The topological polar surface area (TPSA) is 35.2 Å². The van der Waals surface area contributed by atoms with Gasteiger partial charge in [-0.25, -0.2) is 0 Å². The molecule has 1 aromatic carbocycles. The van der Waals surface area contributed by atoms with E-state index in [1.807, 2.05) is 30.0 Å². The van der Waals surface area contributed by atoms with Crippen molar-refractivity contribution >= 4 is 17.4 Å². The van der Waals surface area contributed by atoms with Crippen molar-refractivity contribution in [3.63, 3.8) is 0 Å². The molecule has 84 valence electrons. The predicted molar refractivity (Wildman–Crippen MR) is 67.6 cm³/mol. The lowest BCUT2D eigenvalue weighted by Gasteiger charge is -2.07. The van der Waals surface area contributed by atoms with Gasteiger partial charge in [-0.2, -0.15) is 0 Å². The van der Waals surface area contributed by atoms with E-state index in [9.17, 15) is 0 Å². The summed E-state index contributed by atoms with van der Waals surface area (Å²) >= 11 is 1.83. The molecule has 15 heavy (non-hydrogen) atoms. The van der Waals surface area contributed by atoms with Gasteiger partial charge in [0.1, 0.15) is 5.75 Å². The summed E-state index contributed by atoms with van der Waals surface area (Å²) in [4.78, 5) is 1.19. The van der Waals surface area contributed by atoms with Crippen LogP contribution in [-0.4, -0.2) is 12.9 Å². The standard InChI is InChI=1S/C12H19NOS/c1-9(2)4-5-15-12-7-10(13)6-11(8-12)14-3/h6-9H,4-5,13H2,1-3H3. The second-order valence-corrected chi connectivity index (χ2v) is 5.14. The molecule has 0 aliphatic carbocycles. The van der Waals surface area contributed by atoms with Crippen molar-refractivity contribution in [2.45, 2.75) is 25.2 Å². The van der Waals surface area contributed by atoms with Crippen LogP contribution in [0.5, 0.6) is 5.75 Å². The first kappa shape index (κ1) is 12.2. The van der Waals surface area contributed by atoms with Crippen LogP contribution >= 0.6 is 11.8 Å². The van der Waals surface area contributed by atoms with E-state index in [0.29, 0.717) is 0 Å². The maximum absolute atomic E-state index is 5.77. The van der Waals surface area contributed by atoms with Gasteiger partial charge in [-0.1, -0.05) is 13.8 Å². The van der Waals surface area contributed by atoms with Crippen molar-refractivity contribution in [3.8, 4) is 5.75 Å². The van der Waals surface area contributed by atoms with Crippen molar-refractivity contribution in [2.75, 3.05) is 18.6 Å². The zero-order valence-electron chi connectivity index (χ0n) is 9.62. The van der Waals surface area contributed by atoms with Gasteiger partial charge < -0.3 is 10.5 Å². The van der Waals surface area contributed by atoms with Crippen molar-refractivity contribution < 1.29 is 4.74 Å². The first-order valence-electron chi connectivity index (χ1n) is 5.19. The van der Waals surface area contributed by atoms with Crippen LogP contribution < -0.4 is 10.5 Å². The molecule has 0 aliphatic rings. The maximum Gasteiger partial charge on any atom is 0.122 e. The second kappa shape index (κ2) is 5.91. The molecule has 0 fully saturated rings. The average Bonchev–Trinajstić information content (AvgIpc) is 2.16. The molecule has 0 radical (unpaired) electrons. The molecule has 1 rings (SSSR count). The van der Waals surface area contributed by atoms with Gasteiger partial charge in [0, 0.05) is 16.6 Å². The van der Waals surface area contributed by atoms with Crippen molar-refractivity contribution in [1.29, 1.82) is 0 Å². The summed E-state index contributed by atoms with van der Waals surface area (Å²) in [5, 5.41) is 0. The van der Waals surface area contributed by atoms with Gasteiger partial charge in [-0.3, -0.25) is 0 Å². The molecule has 0 spiro atoms. The van der Waals surface area contributed by atoms with Gasteiger partial charge in [0.2, 0.25) is 0 Å². The Balaban J connectivity index is 2.56. The summed E-state index contributed by atoms with van der Waals surface area (Å²) in [7, 11) is 1.66. The van der Waals surface area contributed by atoms with E-state index < -0.39 is 0 Å². The van der Waals surface area contributed by atoms with Gasteiger partial charge in [0.25, 0.3) is 0 Å². The van der Waals surface area contributed by atoms with E-state index >= 15 is 0 Å². The fourth-order valence-electron chi connectivity index (χ4n) is 1.21. The largest absolute Gasteiger partial charge is 0.497 e. The molecule has 0 saturated carbocycles. The van der Waals surface area contributed by atoms with Gasteiger partial charge in [0.05, 0.1) is 7.11 Å². The number of nitrogen functional groups attached to an aromatic ring is 1. The van der Waals surface area contributed by atoms with Crippen LogP contribution in [0.4, 0.5) is 5.69 Å². The number of benzene rings is 1. The fraction of sp³-hybridized carbons (Fsp3) is 0.500. The van der Waals surface area contributed by atoms with E-state index in [4.69, 9.17) is 10.5 Å². The minimum atomic E-state index is 0.750. The lowest BCUT2D eigenvalue weighted by molar-refractivity contribution is 0.414. The van der Waals surface area contributed by atoms with Crippen LogP contribution in [0.3, 0.4) is 0 Å². The molecule has 0 heterocycles. The number of ether oxygens (including phenoxy) is 1. The highest BCUT2D eigenvalue weighted by atomic mass is 32.2. The van der Waals surface area contributed by atoms with Crippen LogP contribution in [0.25, 0.3) is 0 Å². The third kappa shape index (κ3) is 4.47. The van der Waals surface area contributed by atoms with Gasteiger partial charge in [-0.05, 0) is 30.2 Å². The highest BCUT2D eigenvalue weighted by Gasteiger charge is 2.01. The summed E-state index contributed by atoms with van der Waals surface area (Å²) in [6, 6.07) is 5.86. The van der Waals surface area contributed by atoms with Crippen molar-refractivity contribution in [3.05, 3.63) is 18.2 Å². The maximum atomic E-state index is 5.77. The van der Waals surface area contributed by atoms with E-state index in [1.54, 1.807) is 7.11 Å². The summed E-state index contributed by atoms with van der Waals surface area (Å²) < 4.78 is 5.17. The first-order chi connectivity index (χ1) is 7.11. The zero-order valence-corrected chi connectivity index (χ0v) is 10.4. The van der Waals surface area contributed by atoms with Gasteiger partial charge in [-0.15, -0.1) is 11.8 Å². The number of methoxy groups -OCH3 is 1. The molecule has 2 nitrogen and oxygen atoms in total. The van der Waals surface area contributed by atoms with Crippen LogP contribution in [0.1, 0.15) is 20.3 Å². The lowest BCUT2D eigenvalue weighted by Crippen LogP contribution is -1.91. The van der Waals surface area contributed by atoms with Crippen LogP contribution in [0.2, 0.25) is 0 Å². The molecule has 0 atom stereocenters. The highest BCUT2D eigenvalue weighted by molar-refractivity contribution is 7.99. The predicted octanol–water partition coefficient (Wildman–Crippen LogP) is 3.42. The summed E-state index contributed by atoms with van der Waals surface area (Å²) in [5.74, 6) is 2.71. The molecule has 3 heteroatoms. The Morgan fingerprint density at radius 2 is 2.07 bits per heavy atom. The Kier molecular flexibility index (Phi) is 4.82. The Hall–Kier alpha value is -0.830. The summed E-state index contributed by atoms with van der Waals surface area (Å²) in [6.45, 7) is 4.47. The molecule has 0 amide bonds. The lowest BCUT2D eigenvalue weighted by atomic mass is 10.2. The van der Waals surface area contributed by atoms with Crippen LogP contribution in [-0.2, 0) is 0 Å². The number of nitrogens with two attached hydrogens (primary N) is 1. The van der Waals surface area contributed by atoms with Crippen LogP contribution in [0, 0.1) is 5.92 Å². The van der Waals surface area contributed by atoms with E-state index in [0.717, 1.165) is 23.1 Å². The molecule has 0 unspecified atom stereocenters. The number of hydrogen-bond acceptors (Lipinski definition) is 3. The number of hydrogen-bond donors (Lipinski definition) is 1. The third-order valence-corrected chi connectivity index (χ3v) is 3.11. The quantitative estimate of drug-likeness (QED) is 0.616. The molecule has 0 bridgehead atoms. The molecule has 0 aromatic heterocycles. The molecule has 0 aliphatic heterocycles. The molecule has 0 saturated heterocycles. The normalized spacial score (nSPS) is 10.7. The Morgan fingerprint density at radius 3 is 2.67 bits per heavy atom. The first-order valence-corrected chi connectivity index (χ1v) is 6.17. The van der Waals surface area contributed by atoms with Crippen LogP contribution in [0.15, 0.2) is 23.1 Å². The summed E-state index contributed by atoms with van der Waals surface area (Å²) in [6.07, 6.45) is 1.22. The fourth-order valence-corrected chi connectivity index (χ4v) is 2.45. The van der Waals surface area contributed by atoms with E-state index in [2.05, 4.69) is 13.8 Å². The van der Waals surface area contributed by atoms with Crippen molar-refractivity contribution in [2.24, 2.45) is 5.92 Å². The highest BCUT2D eigenvalue weighted by Crippen LogP contribution is 2.27. The molecular formula is C12H19NOS. The van der Waals surface area contributed by atoms with E-state index in [-0.39, 0.29) is 0 Å². The molecule has 1 aromatic rings. The number of thioether (sulfide) groups is 1. The summed E-state index contributed by atoms with van der Waals surface area (Å²) in [5.41, 5.74) is 6.54. The average molecular weight is 225 g/mol. The van der Waals surface area contributed by atoms with Gasteiger partial charge in [0.15, 0.2) is 0 Å². The smallest absolute Gasteiger partial charge is 0.122 e.